The van der Waals surface area contributed by atoms with Crippen LogP contribution in [0.25, 0.3) is 0 Å². The van der Waals surface area contributed by atoms with Gasteiger partial charge >= 0.3 is 5.97 Å². The van der Waals surface area contributed by atoms with E-state index in [1.165, 1.54) is 0 Å². The zero-order valence-electron chi connectivity index (χ0n) is 18.3. The Bertz CT molecular complexity index is 485. The normalized spacial score (nSPS) is 18.8. The van der Waals surface area contributed by atoms with Crippen molar-refractivity contribution in [1.29, 1.82) is 0 Å². The molecule has 0 saturated carbocycles. The molecular weight excluding hydrogens is 356 g/mol. The fourth-order valence-corrected chi connectivity index (χ4v) is 4.11. The van der Waals surface area contributed by atoms with Gasteiger partial charge in [-0.1, -0.05) is 40.5 Å². The number of aliphatic hydroxyl groups excluding tert-OH is 1. The second kappa shape index (κ2) is 11.7. The Hall–Kier alpha value is -1.23. The van der Waals surface area contributed by atoms with E-state index < -0.39 is 0 Å². The first kappa shape index (κ1) is 24.8. The molecule has 0 spiro atoms. The SMILES string of the molecule is CC(C)(CCCCC(=O)CCCCC(C)(C)C1COC(=O)C1)C(CO)CC=O. The van der Waals surface area contributed by atoms with Gasteiger partial charge in [-0.2, -0.15) is 0 Å². The first-order valence-electron chi connectivity index (χ1n) is 10.8. The standard InChI is InChI=1S/C23H40O5/c1-22(2,18(16-25)11-14-24)12-7-5-9-20(26)10-6-8-13-23(3,4)19-15-21(27)28-17-19/h14,18-19,25H,5-13,15-17H2,1-4H3. The molecule has 1 aliphatic heterocycles. The number of hydrogen-bond acceptors (Lipinski definition) is 5. The Morgan fingerprint density at radius 3 is 2.25 bits per heavy atom. The lowest BCUT2D eigenvalue weighted by Crippen LogP contribution is -2.27. The maximum Gasteiger partial charge on any atom is 0.306 e. The second-order valence-electron chi connectivity index (χ2n) is 9.80. The third kappa shape index (κ3) is 8.42. The van der Waals surface area contributed by atoms with Crippen molar-refractivity contribution in [1.82, 2.24) is 0 Å². The largest absolute Gasteiger partial charge is 0.465 e. The summed E-state index contributed by atoms with van der Waals surface area (Å²) in [6.45, 7) is 9.11. The highest BCUT2D eigenvalue weighted by molar-refractivity contribution is 5.78. The van der Waals surface area contributed by atoms with E-state index in [4.69, 9.17) is 4.74 Å². The molecule has 0 aromatic heterocycles. The molecule has 1 saturated heterocycles. The van der Waals surface area contributed by atoms with E-state index in [2.05, 4.69) is 27.7 Å². The van der Waals surface area contributed by atoms with Gasteiger partial charge in [-0.3, -0.25) is 9.59 Å². The number of carbonyl (C=O) groups excluding carboxylic acids is 3. The third-order valence-corrected chi connectivity index (χ3v) is 6.72. The van der Waals surface area contributed by atoms with Crippen molar-refractivity contribution >= 4 is 18.0 Å². The summed E-state index contributed by atoms with van der Waals surface area (Å²) in [5.74, 6) is 0.514. The van der Waals surface area contributed by atoms with Crippen LogP contribution in [0.1, 0.15) is 91.9 Å². The number of esters is 1. The van der Waals surface area contributed by atoms with E-state index in [0.29, 0.717) is 44.0 Å². The van der Waals surface area contributed by atoms with Crippen molar-refractivity contribution in [3.05, 3.63) is 0 Å². The minimum atomic E-state index is -0.0899. The number of ether oxygens (including phenoxy) is 1. The molecule has 5 nitrogen and oxygen atoms in total. The average Bonchev–Trinajstić information content (AvgIpc) is 3.07. The fourth-order valence-electron chi connectivity index (χ4n) is 4.11. The molecule has 1 rings (SSSR count). The first-order valence-corrected chi connectivity index (χ1v) is 10.8. The molecule has 28 heavy (non-hydrogen) atoms. The molecule has 0 aromatic carbocycles. The molecule has 0 aliphatic carbocycles. The molecule has 1 N–H and O–H groups in total. The summed E-state index contributed by atoms with van der Waals surface area (Å²) in [4.78, 5) is 34.2. The Labute approximate surface area is 170 Å². The average molecular weight is 397 g/mol. The van der Waals surface area contributed by atoms with Gasteiger partial charge in [0.05, 0.1) is 13.0 Å². The minimum absolute atomic E-state index is 0.00961. The van der Waals surface area contributed by atoms with Crippen LogP contribution >= 0.6 is 0 Å². The second-order valence-corrected chi connectivity index (χ2v) is 9.80. The number of carbonyl (C=O) groups is 3. The predicted molar refractivity (Wildman–Crippen MR) is 110 cm³/mol. The maximum atomic E-state index is 12.1. The predicted octanol–water partition coefficient (Wildman–Crippen LogP) is 4.49. The van der Waals surface area contributed by atoms with Crippen LogP contribution in [-0.2, 0) is 19.1 Å². The van der Waals surface area contributed by atoms with Crippen LogP contribution in [0.15, 0.2) is 0 Å². The first-order chi connectivity index (χ1) is 13.1. The Morgan fingerprint density at radius 2 is 1.75 bits per heavy atom. The number of rotatable bonds is 15. The molecule has 0 aromatic rings. The molecule has 1 fully saturated rings. The fraction of sp³-hybridized carbons (Fsp3) is 0.870. The topological polar surface area (TPSA) is 80.7 Å². The number of aldehydes is 1. The summed E-state index contributed by atoms with van der Waals surface area (Å²) >= 11 is 0. The quantitative estimate of drug-likeness (QED) is 0.251. The highest BCUT2D eigenvalue weighted by Crippen LogP contribution is 2.38. The lowest BCUT2D eigenvalue weighted by molar-refractivity contribution is -0.138. The molecule has 1 heterocycles. The molecule has 2 atom stereocenters. The number of unbranched alkanes of at least 4 members (excludes halogenated alkanes) is 2. The van der Waals surface area contributed by atoms with Crippen LogP contribution in [0, 0.1) is 22.7 Å². The van der Waals surface area contributed by atoms with Crippen molar-refractivity contribution in [3.8, 4) is 0 Å². The van der Waals surface area contributed by atoms with E-state index in [0.717, 1.165) is 44.8 Å². The molecule has 2 unspecified atom stereocenters. The summed E-state index contributed by atoms with van der Waals surface area (Å²) < 4.78 is 5.09. The van der Waals surface area contributed by atoms with E-state index >= 15 is 0 Å². The van der Waals surface area contributed by atoms with Gasteiger partial charge in [0.2, 0.25) is 0 Å². The van der Waals surface area contributed by atoms with Gasteiger partial charge in [-0.15, -0.1) is 0 Å². The van der Waals surface area contributed by atoms with Gasteiger partial charge < -0.3 is 14.6 Å². The molecular formula is C23H40O5. The van der Waals surface area contributed by atoms with Crippen molar-refractivity contribution in [3.63, 3.8) is 0 Å². The molecule has 0 amide bonds. The van der Waals surface area contributed by atoms with Crippen LogP contribution in [0.5, 0.6) is 0 Å². The molecule has 5 heteroatoms. The molecule has 0 bridgehead atoms. The van der Waals surface area contributed by atoms with Crippen LogP contribution < -0.4 is 0 Å². The van der Waals surface area contributed by atoms with Crippen LogP contribution in [-0.4, -0.2) is 36.4 Å². The van der Waals surface area contributed by atoms with Crippen LogP contribution in [0.3, 0.4) is 0 Å². The summed E-state index contributed by atoms with van der Waals surface area (Å²) in [7, 11) is 0. The van der Waals surface area contributed by atoms with E-state index in [9.17, 15) is 19.5 Å². The Morgan fingerprint density at radius 1 is 1.14 bits per heavy atom. The van der Waals surface area contributed by atoms with Crippen molar-refractivity contribution in [2.45, 2.75) is 91.9 Å². The van der Waals surface area contributed by atoms with Crippen molar-refractivity contribution in [2.75, 3.05) is 13.2 Å². The maximum absolute atomic E-state index is 12.1. The van der Waals surface area contributed by atoms with Gasteiger partial charge in [0.1, 0.15) is 12.1 Å². The number of aliphatic hydroxyl groups is 1. The van der Waals surface area contributed by atoms with Crippen molar-refractivity contribution < 1.29 is 24.2 Å². The van der Waals surface area contributed by atoms with Crippen LogP contribution in [0.4, 0.5) is 0 Å². The number of hydrogen-bond donors (Lipinski definition) is 1. The van der Waals surface area contributed by atoms with Crippen molar-refractivity contribution in [2.24, 2.45) is 22.7 Å². The lowest BCUT2D eigenvalue weighted by atomic mass is 9.74. The van der Waals surface area contributed by atoms with Gasteiger partial charge in [0.25, 0.3) is 0 Å². The van der Waals surface area contributed by atoms with Gasteiger partial charge in [0.15, 0.2) is 0 Å². The summed E-state index contributed by atoms with van der Waals surface area (Å²) in [6, 6.07) is 0. The lowest BCUT2D eigenvalue weighted by Gasteiger charge is -2.32. The van der Waals surface area contributed by atoms with Gasteiger partial charge in [-0.25, -0.2) is 0 Å². The van der Waals surface area contributed by atoms with E-state index in [1.54, 1.807) is 0 Å². The summed E-state index contributed by atoms with van der Waals surface area (Å²) in [5, 5.41) is 9.46. The van der Waals surface area contributed by atoms with Gasteiger partial charge in [0, 0.05) is 31.8 Å². The zero-order chi connectivity index (χ0) is 21.2. The van der Waals surface area contributed by atoms with E-state index in [1.807, 2.05) is 0 Å². The molecule has 0 radical (unpaired) electrons. The Balaban J connectivity index is 2.17. The molecule has 162 valence electrons. The highest BCUT2D eigenvalue weighted by Gasteiger charge is 2.36. The van der Waals surface area contributed by atoms with E-state index in [-0.39, 0.29) is 29.3 Å². The summed E-state index contributed by atoms with van der Waals surface area (Å²) in [6.07, 6.45) is 8.67. The smallest absolute Gasteiger partial charge is 0.306 e. The summed E-state index contributed by atoms with van der Waals surface area (Å²) in [5.41, 5.74) is -0.0127. The number of cyclic esters (lactones) is 1. The highest BCUT2D eigenvalue weighted by atomic mass is 16.5. The third-order valence-electron chi connectivity index (χ3n) is 6.72. The van der Waals surface area contributed by atoms with Gasteiger partial charge in [-0.05, 0) is 42.4 Å². The Kier molecular flexibility index (Phi) is 10.4. The van der Waals surface area contributed by atoms with Crippen LogP contribution in [0.2, 0.25) is 0 Å². The number of Topliss-reactive ketones (excluding diaryl/α,β-unsaturated/α-hetero) is 1. The minimum Gasteiger partial charge on any atom is -0.465 e. The number of ketones is 1. The molecule has 1 aliphatic rings. The monoisotopic (exact) mass is 396 g/mol. The zero-order valence-corrected chi connectivity index (χ0v) is 18.3.